The van der Waals surface area contributed by atoms with Gasteiger partial charge in [0.05, 0.1) is 0 Å². The molecule has 3 nitrogen and oxygen atoms in total. The zero-order chi connectivity index (χ0) is 13.7. The van der Waals surface area contributed by atoms with Crippen LogP contribution < -0.4 is 5.32 Å². The van der Waals surface area contributed by atoms with Crippen molar-refractivity contribution in [3.8, 4) is 0 Å². The summed E-state index contributed by atoms with van der Waals surface area (Å²) in [5.74, 6) is 0.883. The SMILES string of the molecule is CC(C)=CCN1CCC(NCC2CCN(C)C2)CC1. The van der Waals surface area contributed by atoms with Gasteiger partial charge in [0.25, 0.3) is 0 Å². The van der Waals surface area contributed by atoms with Crippen LogP contribution >= 0.6 is 0 Å². The minimum atomic E-state index is 0.758. The first-order valence-electron chi connectivity index (χ1n) is 7.91. The van der Waals surface area contributed by atoms with Gasteiger partial charge in [-0.25, -0.2) is 0 Å². The molecule has 1 N–H and O–H groups in total. The van der Waals surface area contributed by atoms with E-state index in [-0.39, 0.29) is 0 Å². The molecule has 110 valence electrons. The molecule has 2 rings (SSSR count). The highest BCUT2D eigenvalue weighted by Gasteiger charge is 2.22. The molecule has 0 aliphatic carbocycles. The van der Waals surface area contributed by atoms with Gasteiger partial charge in [-0.3, -0.25) is 4.90 Å². The van der Waals surface area contributed by atoms with Gasteiger partial charge in [-0.1, -0.05) is 11.6 Å². The molecule has 0 saturated carbocycles. The lowest BCUT2D eigenvalue weighted by Gasteiger charge is -2.32. The van der Waals surface area contributed by atoms with E-state index in [0.29, 0.717) is 0 Å². The highest BCUT2D eigenvalue weighted by atomic mass is 15.1. The molecule has 2 heterocycles. The van der Waals surface area contributed by atoms with Gasteiger partial charge in [-0.2, -0.15) is 0 Å². The van der Waals surface area contributed by atoms with E-state index < -0.39 is 0 Å². The predicted molar refractivity (Wildman–Crippen MR) is 82.5 cm³/mol. The Labute approximate surface area is 119 Å². The number of allylic oxidation sites excluding steroid dienone is 1. The molecule has 0 aromatic carbocycles. The van der Waals surface area contributed by atoms with Crippen LogP contribution in [-0.2, 0) is 0 Å². The lowest BCUT2D eigenvalue weighted by atomic mass is 10.0. The summed E-state index contributed by atoms with van der Waals surface area (Å²) in [7, 11) is 2.24. The fourth-order valence-electron chi connectivity index (χ4n) is 3.16. The molecule has 0 aromatic rings. The lowest BCUT2D eigenvalue weighted by Crippen LogP contribution is -2.44. The van der Waals surface area contributed by atoms with Crippen molar-refractivity contribution in [3.63, 3.8) is 0 Å². The maximum atomic E-state index is 3.80. The zero-order valence-corrected chi connectivity index (χ0v) is 13.0. The zero-order valence-electron chi connectivity index (χ0n) is 13.0. The van der Waals surface area contributed by atoms with E-state index in [2.05, 4.69) is 42.1 Å². The highest BCUT2D eigenvalue weighted by Crippen LogP contribution is 2.15. The third kappa shape index (κ3) is 5.25. The van der Waals surface area contributed by atoms with Crippen LogP contribution in [0.3, 0.4) is 0 Å². The maximum Gasteiger partial charge on any atom is 0.0165 e. The van der Waals surface area contributed by atoms with E-state index in [1.807, 2.05) is 0 Å². The fraction of sp³-hybridized carbons (Fsp3) is 0.875. The minimum Gasteiger partial charge on any atom is -0.314 e. The Bertz CT molecular complexity index is 288. The summed E-state index contributed by atoms with van der Waals surface area (Å²) in [6, 6.07) is 0.758. The van der Waals surface area contributed by atoms with Crippen LogP contribution in [-0.4, -0.2) is 62.2 Å². The Hall–Kier alpha value is -0.380. The standard InChI is InChI=1S/C16H31N3/c1-14(2)4-9-19-10-6-16(7-11-19)17-12-15-5-8-18(3)13-15/h4,15-17H,5-13H2,1-3H3. The Balaban J connectivity index is 1.59. The van der Waals surface area contributed by atoms with Gasteiger partial charge in [0.15, 0.2) is 0 Å². The predicted octanol–water partition coefficient (Wildman–Crippen LogP) is 1.96. The van der Waals surface area contributed by atoms with Crippen LogP contribution in [0.15, 0.2) is 11.6 Å². The number of piperidine rings is 1. The molecule has 0 bridgehead atoms. The molecular formula is C16H31N3. The summed E-state index contributed by atoms with van der Waals surface area (Å²) < 4.78 is 0. The second-order valence-corrected chi connectivity index (χ2v) is 6.68. The molecule has 0 spiro atoms. The number of nitrogens with zero attached hydrogens (tertiary/aromatic N) is 2. The summed E-state index contributed by atoms with van der Waals surface area (Å²) in [6.07, 6.45) is 6.36. The Kier molecular flexibility index (Phi) is 5.86. The Morgan fingerprint density at radius 3 is 2.47 bits per heavy atom. The molecule has 2 fully saturated rings. The quantitative estimate of drug-likeness (QED) is 0.767. The number of hydrogen-bond acceptors (Lipinski definition) is 3. The van der Waals surface area contributed by atoms with Crippen LogP contribution in [0, 0.1) is 5.92 Å². The van der Waals surface area contributed by atoms with Gasteiger partial charge in [-0.05, 0) is 72.3 Å². The van der Waals surface area contributed by atoms with Gasteiger partial charge in [0, 0.05) is 19.1 Å². The van der Waals surface area contributed by atoms with Crippen LogP contribution in [0.25, 0.3) is 0 Å². The average molecular weight is 265 g/mol. The van der Waals surface area contributed by atoms with E-state index in [0.717, 1.165) is 18.5 Å². The first-order chi connectivity index (χ1) is 9.13. The summed E-state index contributed by atoms with van der Waals surface area (Å²) in [4.78, 5) is 5.03. The molecule has 1 atom stereocenters. The highest BCUT2D eigenvalue weighted by molar-refractivity contribution is 4.95. The van der Waals surface area contributed by atoms with Gasteiger partial charge in [-0.15, -0.1) is 0 Å². The van der Waals surface area contributed by atoms with Crippen molar-refractivity contribution in [1.29, 1.82) is 0 Å². The first kappa shape index (κ1) is 15.0. The second kappa shape index (κ2) is 7.41. The van der Waals surface area contributed by atoms with Crippen LogP contribution in [0.1, 0.15) is 33.1 Å². The molecule has 0 aromatic heterocycles. The summed E-state index contributed by atoms with van der Waals surface area (Å²) in [5.41, 5.74) is 1.44. The van der Waals surface area contributed by atoms with E-state index in [9.17, 15) is 0 Å². The van der Waals surface area contributed by atoms with E-state index in [1.165, 1.54) is 57.6 Å². The lowest BCUT2D eigenvalue weighted by molar-refractivity contribution is 0.211. The van der Waals surface area contributed by atoms with Gasteiger partial charge in [0.2, 0.25) is 0 Å². The average Bonchev–Trinajstić information content (AvgIpc) is 2.81. The molecular weight excluding hydrogens is 234 g/mol. The summed E-state index contributed by atoms with van der Waals surface area (Å²) >= 11 is 0. The molecule has 3 heteroatoms. The minimum absolute atomic E-state index is 0.758. The van der Waals surface area contributed by atoms with E-state index >= 15 is 0 Å². The third-order valence-electron chi connectivity index (χ3n) is 4.53. The van der Waals surface area contributed by atoms with Crippen molar-refractivity contribution in [2.45, 2.75) is 39.2 Å². The van der Waals surface area contributed by atoms with Crippen molar-refractivity contribution in [2.24, 2.45) is 5.92 Å². The van der Waals surface area contributed by atoms with Gasteiger partial charge < -0.3 is 10.2 Å². The summed E-state index contributed by atoms with van der Waals surface area (Å²) in [6.45, 7) is 11.8. The van der Waals surface area contributed by atoms with Gasteiger partial charge >= 0.3 is 0 Å². The molecule has 0 amide bonds. The normalized spacial score (nSPS) is 26.8. The first-order valence-corrected chi connectivity index (χ1v) is 7.91. The fourth-order valence-corrected chi connectivity index (χ4v) is 3.16. The molecule has 19 heavy (non-hydrogen) atoms. The van der Waals surface area contributed by atoms with E-state index in [4.69, 9.17) is 0 Å². The number of hydrogen-bond donors (Lipinski definition) is 1. The summed E-state index contributed by atoms with van der Waals surface area (Å²) in [5, 5.41) is 3.80. The molecule has 2 saturated heterocycles. The van der Waals surface area contributed by atoms with Crippen molar-refractivity contribution in [1.82, 2.24) is 15.1 Å². The van der Waals surface area contributed by atoms with Crippen molar-refractivity contribution in [2.75, 3.05) is 46.3 Å². The van der Waals surface area contributed by atoms with Crippen molar-refractivity contribution >= 4 is 0 Å². The maximum absolute atomic E-state index is 3.80. The van der Waals surface area contributed by atoms with Crippen LogP contribution in [0.2, 0.25) is 0 Å². The van der Waals surface area contributed by atoms with Crippen molar-refractivity contribution < 1.29 is 0 Å². The third-order valence-corrected chi connectivity index (χ3v) is 4.53. The van der Waals surface area contributed by atoms with Gasteiger partial charge in [0.1, 0.15) is 0 Å². The van der Waals surface area contributed by atoms with Crippen LogP contribution in [0.5, 0.6) is 0 Å². The smallest absolute Gasteiger partial charge is 0.0165 e. The van der Waals surface area contributed by atoms with Crippen LogP contribution in [0.4, 0.5) is 0 Å². The molecule has 2 aliphatic rings. The van der Waals surface area contributed by atoms with E-state index in [1.54, 1.807) is 0 Å². The number of rotatable bonds is 5. The second-order valence-electron chi connectivity index (χ2n) is 6.68. The number of likely N-dealkylation sites (tertiary alicyclic amines) is 2. The Morgan fingerprint density at radius 1 is 1.16 bits per heavy atom. The van der Waals surface area contributed by atoms with Crippen molar-refractivity contribution in [3.05, 3.63) is 11.6 Å². The molecule has 0 radical (unpaired) electrons. The monoisotopic (exact) mass is 265 g/mol. The Morgan fingerprint density at radius 2 is 1.89 bits per heavy atom. The largest absolute Gasteiger partial charge is 0.314 e. The topological polar surface area (TPSA) is 18.5 Å². The molecule has 2 aliphatic heterocycles. The molecule has 1 unspecified atom stereocenters. The number of nitrogens with one attached hydrogen (secondary N) is 1.